The van der Waals surface area contributed by atoms with Crippen LogP contribution in [0.1, 0.15) is 46.5 Å². The molecule has 0 aromatic heterocycles. The fraction of sp³-hybridized carbons (Fsp3) is 0.562. The summed E-state index contributed by atoms with van der Waals surface area (Å²) in [6.45, 7) is 6.12. The van der Waals surface area contributed by atoms with E-state index in [2.05, 4.69) is 0 Å². The van der Waals surface area contributed by atoms with Crippen molar-refractivity contribution >= 4 is 18.2 Å². The van der Waals surface area contributed by atoms with E-state index in [1.807, 2.05) is 51.1 Å². The molecule has 0 bridgehead atoms. The number of ketones is 1. The molecule has 3 heteroatoms. The third-order valence-electron chi connectivity index (χ3n) is 4.11. The molecule has 0 N–H and O–H groups in total. The van der Waals surface area contributed by atoms with Crippen molar-refractivity contribution < 1.29 is 9.36 Å². The Morgan fingerprint density at radius 2 is 1.79 bits per heavy atom. The van der Waals surface area contributed by atoms with Gasteiger partial charge in [0.2, 0.25) is 0 Å². The molecule has 0 radical (unpaired) electrons. The first-order valence-corrected chi connectivity index (χ1v) is 8.80. The van der Waals surface area contributed by atoms with E-state index < -0.39 is 7.14 Å². The Balaban J connectivity index is 2.47. The number of rotatable bonds is 2. The molecule has 2 nitrogen and oxygen atoms in total. The number of benzene rings is 1. The van der Waals surface area contributed by atoms with Crippen LogP contribution in [0.2, 0.25) is 0 Å². The van der Waals surface area contributed by atoms with E-state index in [-0.39, 0.29) is 16.6 Å². The maximum Gasteiger partial charge on any atom is 0.133 e. The van der Waals surface area contributed by atoms with Gasteiger partial charge in [-0.15, -0.1) is 0 Å². The summed E-state index contributed by atoms with van der Waals surface area (Å²) in [5.41, 5.74) is 0.0242. The topological polar surface area (TPSA) is 34.1 Å². The van der Waals surface area contributed by atoms with Crippen molar-refractivity contribution in [2.75, 3.05) is 0 Å². The molecular weight excluding hydrogens is 255 g/mol. The third kappa shape index (κ3) is 2.69. The predicted octanol–water partition coefficient (Wildman–Crippen LogP) is 3.99. The average molecular weight is 278 g/mol. The van der Waals surface area contributed by atoms with Crippen LogP contribution in [0.4, 0.5) is 0 Å². The van der Waals surface area contributed by atoms with Crippen molar-refractivity contribution in [3.05, 3.63) is 30.3 Å². The van der Waals surface area contributed by atoms with Crippen molar-refractivity contribution in [1.82, 2.24) is 0 Å². The lowest BCUT2D eigenvalue weighted by atomic mass is 9.99. The van der Waals surface area contributed by atoms with Crippen LogP contribution in [0.25, 0.3) is 0 Å². The molecule has 1 aliphatic carbocycles. The molecular formula is C16H23O2P. The van der Waals surface area contributed by atoms with Crippen LogP contribution in [-0.4, -0.2) is 16.6 Å². The van der Waals surface area contributed by atoms with Crippen LogP contribution in [0.3, 0.4) is 0 Å². The van der Waals surface area contributed by atoms with Crippen LogP contribution in [0, 0.1) is 0 Å². The van der Waals surface area contributed by atoms with E-state index in [0.29, 0.717) is 12.8 Å². The Morgan fingerprint density at radius 3 is 2.32 bits per heavy atom. The summed E-state index contributed by atoms with van der Waals surface area (Å²) in [5, 5.41) is 0.638. The highest BCUT2D eigenvalue weighted by atomic mass is 31.2. The number of hydrogen-bond donors (Lipinski definition) is 0. The molecule has 0 heterocycles. The Hall–Kier alpha value is -0.880. The van der Waals surface area contributed by atoms with E-state index in [0.717, 1.165) is 18.1 Å². The minimum atomic E-state index is -2.59. The molecule has 2 rings (SSSR count). The minimum absolute atomic E-state index is 0.0242. The first-order valence-electron chi connectivity index (χ1n) is 7.03. The second-order valence-corrected chi connectivity index (χ2v) is 10.4. The Morgan fingerprint density at radius 1 is 1.16 bits per heavy atom. The lowest BCUT2D eigenvalue weighted by Gasteiger charge is -2.39. The van der Waals surface area contributed by atoms with Gasteiger partial charge < -0.3 is 4.57 Å². The summed E-state index contributed by atoms with van der Waals surface area (Å²) in [5.74, 6) is 0.275. The largest absolute Gasteiger partial charge is 0.318 e. The smallest absolute Gasteiger partial charge is 0.133 e. The van der Waals surface area contributed by atoms with Crippen LogP contribution >= 0.6 is 7.14 Å². The van der Waals surface area contributed by atoms with E-state index in [4.69, 9.17) is 0 Å². The van der Waals surface area contributed by atoms with Gasteiger partial charge in [0.05, 0.1) is 0 Å². The molecule has 1 fully saturated rings. The fourth-order valence-electron chi connectivity index (χ4n) is 3.11. The zero-order valence-electron chi connectivity index (χ0n) is 12.1. The molecule has 0 saturated heterocycles. The van der Waals surface area contributed by atoms with Gasteiger partial charge in [0, 0.05) is 29.0 Å². The molecule has 2 atom stereocenters. The first kappa shape index (κ1) is 14.5. The summed E-state index contributed by atoms with van der Waals surface area (Å²) in [7, 11) is -2.59. The van der Waals surface area contributed by atoms with Crippen molar-refractivity contribution in [2.45, 2.75) is 57.3 Å². The maximum absolute atomic E-state index is 13.8. The molecule has 1 saturated carbocycles. The van der Waals surface area contributed by atoms with E-state index in [9.17, 15) is 9.36 Å². The minimum Gasteiger partial charge on any atom is -0.318 e. The summed E-state index contributed by atoms with van der Waals surface area (Å²) in [6.07, 6.45) is 2.95. The second kappa shape index (κ2) is 5.25. The SMILES string of the molecule is CC(C)(C)P(=O)(c1ccccc1)[C@H]1CCCC(=O)C1. The monoisotopic (exact) mass is 278 g/mol. The summed E-state index contributed by atoms with van der Waals surface area (Å²) in [6, 6.07) is 9.76. The van der Waals surface area contributed by atoms with Gasteiger partial charge in [-0.2, -0.15) is 0 Å². The van der Waals surface area contributed by atoms with Gasteiger partial charge in [-0.1, -0.05) is 51.1 Å². The zero-order valence-corrected chi connectivity index (χ0v) is 13.0. The lowest BCUT2D eigenvalue weighted by Crippen LogP contribution is -2.34. The molecule has 1 aromatic carbocycles. The van der Waals surface area contributed by atoms with Gasteiger partial charge in [-0.3, -0.25) is 4.79 Å². The molecule has 1 aliphatic rings. The molecule has 0 spiro atoms. The normalized spacial score (nSPS) is 23.9. The van der Waals surface area contributed by atoms with Gasteiger partial charge in [-0.25, -0.2) is 0 Å². The van der Waals surface area contributed by atoms with Crippen LogP contribution in [0.15, 0.2) is 30.3 Å². The third-order valence-corrected chi connectivity index (χ3v) is 8.63. The highest BCUT2D eigenvalue weighted by Gasteiger charge is 2.45. The van der Waals surface area contributed by atoms with Gasteiger partial charge in [0.15, 0.2) is 0 Å². The lowest BCUT2D eigenvalue weighted by molar-refractivity contribution is -0.120. The number of carbonyl (C=O) groups excluding carboxylic acids is 1. The van der Waals surface area contributed by atoms with Crippen molar-refractivity contribution in [3.63, 3.8) is 0 Å². The first-order chi connectivity index (χ1) is 8.85. The number of hydrogen-bond acceptors (Lipinski definition) is 2. The summed E-state index contributed by atoms with van der Waals surface area (Å²) in [4.78, 5) is 11.8. The standard InChI is InChI=1S/C16H23O2P/c1-16(2,3)19(18,14-9-5-4-6-10-14)15-11-7-8-13(17)12-15/h4-6,9-10,15H,7-8,11-12H2,1-3H3/t15-,19?/m0/s1. The number of carbonyl (C=O) groups is 1. The maximum atomic E-state index is 13.8. The van der Waals surface area contributed by atoms with Gasteiger partial charge in [0.1, 0.15) is 12.9 Å². The van der Waals surface area contributed by atoms with Crippen molar-refractivity contribution in [1.29, 1.82) is 0 Å². The van der Waals surface area contributed by atoms with Crippen molar-refractivity contribution in [2.24, 2.45) is 0 Å². The Bertz CT molecular complexity index is 499. The van der Waals surface area contributed by atoms with Gasteiger partial charge in [-0.05, 0) is 12.8 Å². The van der Waals surface area contributed by atoms with Crippen LogP contribution < -0.4 is 5.30 Å². The fourth-order valence-corrected chi connectivity index (χ4v) is 7.02. The number of Topliss-reactive ketones (excluding diaryl/α,β-unsaturated/α-hetero) is 1. The van der Waals surface area contributed by atoms with Crippen LogP contribution in [-0.2, 0) is 9.36 Å². The second-order valence-electron chi connectivity index (χ2n) is 6.45. The zero-order chi connectivity index (χ0) is 14.1. The molecule has 104 valence electrons. The Labute approximate surface area is 116 Å². The molecule has 19 heavy (non-hydrogen) atoms. The average Bonchev–Trinajstić information content (AvgIpc) is 2.37. The van der Waals surface area contributed by atoms with Gasteiger partial charge >= 0.3 is 0 Å². The van der Waals surface area contributed by atoms with Gasteiger partial charge in [0.25, 0.3) is 0 Å². The molecule has 0 aliphatic heterocycles. The van der Waals surface area contributed by atoms with Crippen molar-refractivity contribution in [3.8, 4) is 0 Å². The molecule has 1 aromatic rings. The summed E-state index contributed by atoms with van der Waals surface area (Å²) < 4.78 is 13.8. The quantitative estimate of drug-likeness (QED) is 0.767. The predicted molar refractivity (Wildman–Crippen MR) is 80.7 cm³/mol. The van der Waals surface area contributed by atoms with E-state index in [1.54, 1.807) is 0 Å². The van der Waals surface area contributed by atoms with Crippen LogP contribution in [0.5, 0.6) is 0 Å². The van der Waals surface area contributed by atoms with E-state index >= 15 is 0 Å². The highest BCUT2D eigenvalue weighted by Crippen LogP contribution is 2.63. The highest BCUT2D eigenvalue weighted by molar-refractivity contribution is 7.73. The summed E-state index contributed by atoms with van der Waals surface area (Å²) >= 11 is 0. The molecule has 0 amide bonds. The van der Waals surface area contributed by atoms with E-state index in [1.165, 1.54) is 0 Å². The Kier molecular flexibility index (Phi) is 4.01. The molecule has 1 unspecified atom stereocenters.